The largest absolute Gasteiger partial charge is 0.446 e. The van der Waals surface area contributed by atoms with E-state index in [-0.39, 0.29) is 11.5 Å². The number of benzene rings is 1. The molecule has 3 aliphatic carbocycles. The van der Waals surface area contributed by atoms with Crippen LogP contribution in [0.25, 0.3) is 0 Å². The standard InChI is InChI=1S/C20H28N2O5S/c1-11-9-15-12(10-17(11)27-28(22,24)25)3-4-14-13(15)7-8-20(2)16(14)5-6-18(20)26-19(21)23/h9-10,13-14,16,18H,3-8H2,1-2H3,(H2,21,23)(H2,22,24,25)/t13-,14+,16-,18-,20-/m0/s1. The summed E-state index contributed by atoms with van der Waals surface area (Å²) in [5.41, 5.74) is 8.52. The van der Waals surface area contributed by atoms with Crippen LogP contribution in [0.2, 0.25) is 0 Å². The first-order valence-corrected chi connectivity index (χ1v) is 11.4. The summed E-state index contributed by atoms with van der Waals surface area (Å²) in [6, 6.07) is 3.91. The molecule has 0 aliphatic heterocycles. The summed E-state index contributed by atoms with van der Waals surface area (Å²) in [7, 11) is -4.04. The topological polar surface area (TPSA) is 122 Å². The van der Waals surface area contributed by atoms with Crippen LogP contribution in [-0.4, -0.2) is 20.6 Å². The summed E-state index contributed by atoms with van der Waals surface area (Å²) in [5.74, 6) is 1.80. The molecule has 5 atom stereocenters. The van der Waals surface area contributed by atoms with Gasteiger partial charge < -0.3 is 14.7 Å². The summed E-state index contributed by atoms with van der Waals surface area (Å²) in [5, 5.41) is 5.04. The van der Waals surface area contributed by atoms with Gasteiger partial charge in [0.2, 0.25) is 0 Å². The van der Waals surface area contributed by atoms with E-state index < -0.39 is 16.4 Å². The van der Waals surface area contributed by atoms with Crippen molar-refractivity contribution in [3.8, 4) is 5.75 Å². The van der Waals surface area contributed by atoms with E-state index >= 15 is 0 Å². The highest BCUT2D eigenvalue weighted by Crippen LogP contribution is 2.61. The molecule has 0 heterocycles. The number of rotatable bonds is 3. The molecule has 28 heavy (non-hydrogen) atoms. The fourth-order valence-electron chi connectivity index (χ4n) is 6.21. The molecule has 2 fully saturated rings. The van der Waals surface area contributed by atoms with Crippen molar-refractivity contribution in [3.05, 3.63) is 28.8 Å². The Morgan fingerprint density at radius 3 is 2.64 bits per heavy atom. The molecule has 8 heteroatoms. The van der Waals surface area contributed by atoms with E-state index in [2.05, 4.69) is 13.0 Å². The average molecular weight is 409 g/mol. The fourth-order valence-corrected chi connectivity index (χ4v) is 6.64. The highest BCUT2D eigenvalue weighted by molar-refractivity contribution is 7.84. The van der Waals surface area contributed by atoms with E-state index in [9.17, 15) is 13.2 Å². The molecule has 0 spiro atoms. The molecule has 1 aromatic carbocycles. The zero-order chi connectivity index (χ0) is 20.3. The van der Waals surface area contributed by atoms with Gasteiger partial charge in [-0.3, -0.25) is 0 Å². The maximum atomic E-state index is 11.3. The Morgan fingerprint density at radius 1 is 1.21 bits per heavy atom. The first-order valence-electron chi connectivity index (χ1n) is 9.90. The maximum Gasteiger partial charge on any atom is 0.404 e. The third kappa shape index (κ3) is 3.26. The van der Waals surface area contributed by atoms with E-state index in [0.717, 1.165) is 49.7 Å². The lowest BCUT2D eigenvalue weighted by molar-refractivity contribution is -0.0291. The van der Waals surface area contributed by atoms with E-state index in [1.54, 1.807) is 0 Å². The Morgan fingerprint density at radius 2 is 1.96 bits per heavy atom. The second kappa shape index (κ2) is 6.62. The van der Waals surface area contributed by atoms with Crippen molar-refractivity contribution in [2.45, 2.75) is 64.4 Å². The van der Waals surface area contributed by atoms with Gasteiger partial charge in [0, 0.05) is 5.41 Å². The third-order valence-corrected chi connectivity index (χ3v) is 7.81. The molecule has 7 nitrogen and oxygen atoms in total. The molecule has 0 aromatic heterocycles. The number of hydrogen-bond donors (Lipinski definition) is 2. The Labute approximate surface area is 166 Å². The van der Waals surface area contributed by atoms with Crippen molar-refractivity contribution < 1.29 is 22.1 Å². The van der Waals surface area contributed by atoms with Gasteiger partial charge in [-0.2, -0.15) is 13.6 Å². The van der Waals surface area contributed by atoms with Gasteiger partial charge in [0.05, 0.1) is 0 Å². The van der Waals surface area contributed by atoms with Crippen molar-refractivity contribution in [3.63, 3.8) is 0 Å². The quantitative estimate of drug-likeness (QED) is 0.796. The van der Waals surface area contributed by atoms with Crippen molar-refractivity contribution >= 4 is 16.4 Å². The van der Waals surface area contributed by atoms with Gasteiger partial charge >= 0.3 is 16.4 Å². The van der Waals surface area contributed by atoms with E-state index in [1.807, 2.05) is 13.0 Å². The maximum absolute atomic E-state index is 11.3. The molecule has 1 aromatic rings. The number of fused-ring (bicyclic) bond motifs is 5. The summed E-state index contributed by atoms with van der Waals surface area (Å²) in [6.45, 7) is 4.10. The number of primary amides is 1. The molecule has 2 saturated carbocycles. The number of hydrogen-bond acceptors (Lipinski definition) is 5. The molecule has 0 radical (unpaired) electrons. The minimum atomic E-state index is -4.04. The summed E-state index contributed by atoms with van der Waals surface area (Å²) >= 11 is 0. The van der Waals surface area contributed by atoms with Crippen LogP contribution in [0, 0.1) is 24.2 Å². The number of aryl methyl sites for hydroxylation is 2. The van der Waals surface area contributed by atoms with Crippen molar-refractivity contribution in [2.75, 3.05) is 0 Å². The van der Waals surface area contributed by atoms with Crippen LogP contribution in [0.1, 0.15) is 61.6 Å². The van der Waals surface area contributed by atoms with E-state index in [4.69, 9.17) is 19.8 Å². The lowest BCUT2D eigenvalue weighted by Gasteiger charge is -2.50. The lowest BCUT2D eigenvalue weighted by Crippen LogP contribution is -2.45. The summed E-state index contributed by atoms with van der Waals surface area (Å²) in [6.07, 6.45) is 5.09. The van der Waals surface area contributed by atoms with Gasteiger partial charge in [-0.25, -0.2) is 4.79 Å². The van der Waals surface area contributed by atoms with Crippen LogP contribution in [0.3, 0.4) is 0 Å². The molecular weight excluding hydrogens is 380 g/mol. The fraction of sp³-hybridized carbons (Fsp3) is 0.650. The minimum Gasteiger partial charge on any atom is -0.446 e. The summed E-state index contributed by atoms with van der Waals surface area (Å²) in [4.78, 5) is 11.3. The first kappa shape index (κ1) is 19.5. The van der Waals surface area contributed by atoms with E-state index in [0.29, 0.717) is 23.5 Å². The van der Waals surface area contributed by atoms with Crippen LogP contribution >= 0.6 is 0 Å². The number of nitrogens with two attached hydrogens (primary N) is 2. The normalized spacial score (nSPS) is 34.1. The first-order chi connectivity index (χ1) is 13.1. The Bertz CT molecular complexity index is 915. The van der Waals surface area contributed by atoms with Crippen LogP contribution in [0.5, 0.6) is 5.75 Å². The van der Waals surface area contributed by atoms with Gasteiger partial charge in [-0.1, -0.05) is 13.0 Å². The van der Waals surface area contributed by atoms with Crippen LogP contribution < -0.4 is 15.1 Å². The van der Waals surface area contributed by atoms with Crippen LogP contribution in [0.15, 0.2) is 12.1 Å². The van der Waals surface area contributed by atoms with Gasteiger partial charge in [0.25, 0.3) is 0 Å². The van der Waals surface area contributed by atoms with Crippen LogP contribution in [-0.2, 0) is 21.5 Å². The predicted octanol–water partition coefficient (Wildman–Crippen LogP) is 2.90. The molecule has 4 N–H and O–H groups in total. The molecule has 154 valence electrons. The minimum absolute atomic E-state index is 0.0145. The highest BCUT2D eigenvalue weighted by atomic mass is 32.2. The van der Waals surface area contributed by atoms with Gasteiger partial charge in [-0.15, -0.1) is 0 Å². The predicted molar refractivity (Wildman–Crippen MR) is 104 cm³/mol. The van der Waals surface area contributed by atoms with Gasteiger partial charge in [0.15, 0.2) is 0 Å². The molecule has 3 aliphatic rings. The molecule has 4 rings (SSSR count). The monoisotopic (exact) mass is 408 g/mol. The third-order valence-electron chi connectivity index (χ3n) is 7.40. The Hall–Kier alpha value is -1.80. The second-order valence-electron chi connectivity index (χ2n) is 8.86. The van der Waals surface area contributed by atoms with Crippen molar-refractivity contribution in [1.82, 2.24) is 0 Å². The molecular formula is C20H28N2O5S. The Kier molecular flexibility index (Phi) is 4.62. The van der Waals surface area contributed by atoms with Gasteiger partial charge in [-0.05, 0) is 86.0 Å². The average Bonchev–Trinajstić information content (AvgIpc) is 2.90. The van der Waals surface area contributed by atoms with Crippen molar-refractivity contribution in [1.29, 1.82) is 0 Å². The molecule has 0 bridgehead atoms. The van der Waals surface area contributed by atoms with Gasteiger partial charge in [0.1, 0.15) is 11.9 Å². The smallest absolute Gasteiger partial charge is 0.404 e. The zero-order valence-electron chi connectivity index (χ0n) is 16.3. The lowest BCUT2D eigenvalue weighted by atomic mass is 9.55. The highest BCUT2D eigenvalue weighted by Gasteiger charge is 2.56. The Balaban J connectivity index is 1.63. The number of amides is 1. The molecule has 1 amide bonds. The van der Waals surface area contributed by atoms with Crippen molar-refractivity contribution in [2.24, 2.45) is 28.1 Å². The number of ether oxygens (including phenoxy) is 1. The second-order valence-corrected chi connectivity index (χ2v) is 10.0. The molecule has 0 saturated heterocycles. The van der Waals surface area contributed by atoms with E-state index in [1.165, 1.54) is 5.56 Å². The number of carbonyl (C=O) groups is 1. The zero-order valence-corrected chi connectivity index (χ0v) is 17.1. The number of carbonyl (C=O) groups excluding carboxylic acids is 1. The SMILES string of the molecule is Cc1cc2c(cc1OS(N)(=O)=O)CC[C@@H]1[C@@H]2CC[C@]2(C)[C@@H](OC(N)=O)CC[C@@H]12. The molecule has 0 unspecified atom stereocenters. The summed E-state index contributed by atoms with van der Waals surface area (Å²) < 4.78 is 33.1. The van der Waals surface area contributed by atoms with Crippen LogP contribution in [0.4, 0.5) is 4.79 Å².